The van der Waals surface area contributed by atoms with Crippen LogP contribution in [0.4, 0.5) is 30.5 Å². The Labute approximate surface area is 217 Å². The van der Waals surface area contributed by atoms with Crippen molar-refractivity contribution >= 4 is 40.1 Å². The molecule has 0 bridgehead atoms. The summed E-state index contributed by atoms with van der Waals surface area (Å²) in [6, 6.07) is 9.13. The number of aliphatic hydroxyl groups excluding tert-OH is 1. The molecule has 1 aliphatic rings. The maximum absolute atomic E-state index is 13.5. The van der Waals surface area contributed by atoms with Gasteiger partial charge in [0.1, 0.15) is 5.82 Å². The smallest absolute Gasteiger partial charge is 0.380 e. The van der Waals surface area contributed by atoms with Gasteiger partial charge in [0.2, 0.25) is 5.82 Å². The van der Waals surface area contributed by atoms with Crippen LogP contribution in [0.15, 0.2) is 53.3 Å². The highest BCUT2D eigenvalue weighted by molar-refractivity contribution is 6.06. The first-order valence-electron chi connectivity index (χ1n) is 11.4. The molecule has 3 aromatic heterocycles. The minimum absolute atomic E-state index is 0.0365. The van der Waals surface area contributed by atoms with Gasteiger partial charge in [-0.25, -0.2) is 15.0 Å². The van der Waals surface area contributed by atoms with Crippen molar-refractivity contribution in [1.82, 2.24) is 20.1 Å². The molecule has 15 heteroatoms. The minimum atomic E-state index is -4.69. The molecule has 1 aliphatic heterocycles. The third-order valence-electron chi connectivity index (χ3n) is 6.14. The molecule has 0 spiro atoms. The Hall–Kier alpha value is -4.63. The van der Waals surface area contributed by atoms with E-state index < -0.39 is 35.5 Å². The lowest BCUT2D eigenvalue weighted by Gasteiger charge is -2.40. The predicted octanol–water partition coefficient (Wildman–Crippen LogP) is 2.40. The van der Waals surface area contributed by atoms with Gasteiger partial charge in [0, 0.05) is 29.7 Å². The number of ether oxygens (including phenoxy) is 1. The van der Waals surface area contributed by atoms with Crippen molar-refractivity contribution in [2.45, 2.75) is 24.8 Å². The summed E-state index contributed by atoms with van der Waals surface area (Å²) in [6.45, 7) is 1.29. The first kappa shape index (κ1) is 26.0. The Balaban J connectivity index is 1.35. The summed E-state index contributed by atoms with van der Waals surface area (Å²) in [5.74, 6) is -2.64. The van der Waals surface area contributed by atoms with Crippen LogP contribution in [0.25, 0.3) is 22.2 Å². The lowest BCUT2D eigenvalue weighted by molar-refractivity contribution is -0.170. The van der Waals surface area contributed by atoms with Crippen LogP contribution in [-0.2, 0) is 20.5 Å². The van der Waals surface area contributed by atoms with Crippen LogP contribution in [-0.4, -0.2) is 61.9 Å². The fraction of sp³-hybridized carbons (Fsp3) is 0.250. The molecule has 2 unspecified atom stereocenters. The number of nitrogens with one attached hydrogen (secondary N) is 1. The molecule has 4 aromatic rings. The van der Waals surface area contributed by atoms with Crippen molar-refractivity contribution in [3.8, 4) is 11.3 Å². The Morgan fingerprint density at radius 1 is 1.23 bits per heavy atom. The van der Waals surface area contributed by atoms with Crippen LogP contribution in [0.2, 0.25) is 0 Å². The Morgan fingerprint density at radius 2 is 1.97 bits per heavy atom. The van der Waals surface area contributed by atoms with Crippen LogP contribution >= 0.6 is 0 Å². The van der Waals surface area contributed by atoms with E-state index in [0.29, 0.717) is 11.0 Å². The number of halogens is 3. The standard InChI is InChI=1S/C24H20F3N7O5/c1-23(18(35)20(36)31-13-5-6-14-16(9-13)39-33-19(14)28)22(37)34(7-8-38-23)17-4-2-3-15(32-17)12-10-29-21(30-11-12)24(25,26)27/h2-6,9-11,18,35H,7-8H2,1H3,(H2,28,33)(H,31,36). The summed E-state index contributed by atoms with van der Waals surface area (Å²) in [7, 11) is 0. The van der Waals surface area contributed by atoms with Gasteiger partial charge in [-0.05, 0) is 31.2 Å². The largest absolute Gasteiger partial charge is 0.451 e. The highest BCUT2D eigenvalue weighted by Gasteiger charge is 2.50. The number of aliphatic hydroxyl groups is 1. The molecule has 0 radical (unpaired) electrons. The second-order valence-electron chi connectivity index (χ2n) is 8.76. The number of hydrogen-bond donors (Lipinski definition) is 3. The first-order valence-corrected chi connectivity index (χ1v) is 11.4. The summed E-state index contributed by atoms with van der Waals surface area (Å²) in [5, 5.41) is 17.6. The number of hydrogen-bond acceptors (Lipinski definition) is 10. The predicted molar refractivity (Wildman–Crippen MR) is 130 cm³/mol. The molecule has 2 atom stereocenters. The van der Waals surface area contributed by atoms with Gasteiger partial charge in [-0.1, -0.05) is 11.2 Å². The molecule has 202 valence electrons. The molecule has 2 amide bonds. The molecule has 1 aromatic carbocycles. The molecular weight excluding hydrogens is 523 g/mol. The normalized spacial score (nSPS) is 18.8. The molecule has 5 rings (SSSR count). The number of benzene rings is 1. The van der Waals surface area contributed by atoms with Gasteiger partial charge in [-0.15, -0.1) is 0 Å². The molecular formula is C24H20F3N7O5. The van der Waals surface area contributed by atoms with Crippen molar-refractivity contribution < 1.29 is 37.1 Å². The van der Waals surface area contributed by atoms with Crippen molar-refractivity contribution in [2.24, 2.45) is 0 Å². The zero-order valence-corrected chi connectivity index (χ0v) is 20.1. The lowest BCUT2D eigenvalue weighted by Crippen LogP contribution is -2.63. The number of amides is 2. The van der Waals surface area contributed by atoms with Gasteiger partial charge < -0.3 is 25.4 Å². The third kappa shape index (κ3) is 4.84. The number of rotatable bonds is 5. The van der Waals surface area contributed by atoms with E-state index in [1.807, 2.05) is 0 Å². The Bertz CT molecular complexity index is 1560. The second-order valence-corrected chi connectivity index (χ2v) is 8.76. The maximum atomic E-state index is 13.5. The number of nitrogens with zero attached hydrogens (tertiary/aromatic N) is 5. The summed E-state index contributed by atoms with van der Waals surface area (Å²) in [4.78, 5) is 38.6. The van der Waals surface area contributed by atoms with Crippen LogP contribution in [0, 0.1) is 0 Å². The summed E-state index contributed by atoms with van der Waals surface area (Å²) in [5.41, 5.74) is 4.69. The van der Waals surface area contributed by atoms with Gasteiger partial charge in [0.05, 0.1) is 24.2 Å². The number of anilines is 3. The topological polar surface area (TPSA) is 170 Å². The highest BCUT2D eigenvalue weighted by atomic mass is 19.4. The summed E-state index contributed by atoms with van der Waals surface area (Å²) >= 11 is 0. The molecule has 12 nitrogen and oxygen atoms in total. The zero-order chi connectivity index (χ0) is 27.9. The number of alkyl halides is 3. The van der Waals surface area contributed by atoms with Gasteiger partial charge in [-0.3, -0.25) is 14.5 Å². The number of pyridine rings is 1. The average Bonchev–Trinajstić information content (AvgIpc) is 3.29. The molecule has 0 aliphatic carbocycles. The Morgan fingerprint density at radius 3 is 2.69 bits per heavy atom. The van der Waals surface area contributed by atoms with Crippen molar-refractivity contribution in [2.75, 3.05) is 29.1 Å². The number of aromatic nitrogens is 4. The van der Waals surface area contributed by atoms with E-state index in [1.54, 1.807) is 12.1 Å². The van der Waals surface area contributed by atoms with Crippen LogP contribution in [0.1, 0.15) is 12.7 Å². The molecule has 1 fully saturated rings. The Kier molecular flexibility index (Phi) is 6.40. The number of morpholine rings is 1. The lowest BCUT2D eigenvalue weighted by atomic mass is 9.94. The van der Waals surface area contributed by atoms with E-state index in [0.717, 1.165) is 12.4 Å². The molecule has 39 heavy (non-hydrogen) atoms. The van der Waals surface area contributed by atoms with Gasteiger partial charge >= 0.3 is 6.18 Å². The summed E-state index contributed by atoms with van der Waals surface area (Å²) in [6.07, 6.45) is -4.66. The van der Waals surface area contributed by atoms with E-state index in [9.17, 15) is 27.9 Å². The van der Waals surface area contributed by atoms with E-state index >= 15 is 0 Å². The fourth-order valence-corrected chi connectivity index (χ4v) is 4.03. The number of carbonyl (C=O) groups excluding carboxylic acids is 2. The van der Waals surface area contributed by atoms with Gasteiger partial charge in [-0.2, -0.15) is 13.2 Å². The van der Waals surface area contributed by atoms with Crippen molar-refractivity contribution in [1.29, 1.82) is 0 Å². The monoisotopic (exact) mass is 543 g/mol. The van der Waals surface area contributed by atoms with E-state index in [4.69, 9.17) is 15.0 Å². The summed E-state index contributed by atoms with van der Waals surface area (Å²) < 4.78 is 49.0. The quantitative estimate of drug-likeness (QED) is 0.340. The third-order valence-corrected chi connectivity index (χ3v) is 6.14. The van der Waals surface area contributed by atoms with Crippen LogP contribution in [0.5, 0.6) is 0 Å². The van der Waals surface area contributed by atoms with Crippen molar-refractivity contribution in [3.05, 3.63) is 54.6 Å². The maximum Gasteiger partial charge on any atom is 0.451 e. The average molecular weight is 543 g/mol. The molecule has 0 saturated carbocycles. The van der Waals surface area contributed by atoms with E-state index in [-0.39, 0.29) is 41.7 Å². The van der Waals surface area contributed by atoms with Gasteiger partial charge in [0.25, 0.3) is 11.8 Å². The SMILES string of the molecule is CC1(C(O)C(=O)Nc2ccc3c(N)noc3c2)OCCN(c2cccc(-c3cnc(C(F)(F)F)nc3)n2)C1=O. The number of carbonyl (C=O) groups is 2. The number of nitrogen functional groups attached to an aromatic ring is 1. The molecule has 1 saturated heterocycles. The zero-order valence-electron chi connectivity index (χ0n) is 20.1. The second kappa shape index (κ2) is 9.59. The number of nitrogens with two attached hydrogens (primary N) is 1. The van der Waals surface area contributed by atoms with E-state index in [1.165, 1.54) is 36.1 Å². The molecule has 4 N–H and O–H groups in total. The van der Waals surface area contributed by atoms with Crippen molar-refractivity contribution in [3.63, 3.8) is 0 Å². The number of fused-ring (bicyclic) bond motifs is 1. The molecule has 4 heterocycles. The minimum Gasteiger partial charge on any atom is -0.380 e. The van der Waals surface area contributed by atoms with Gasteiger partial charge in [0.15, 0.2) is 23.1 Å². The van der Waals surface area contributed by atoms with Crippen LogP contribution < -0.4 is 16.0 Å². The first-order chi connectivity index (χ1) is 18.5. The fourth-order valence-electron chi connectivity index (χ4n) is 4.03. The van der Waals surface area contributed by atoms with E-state index in [2.05, 4.69) is 25.4 Å². The highest BCUT2D eigenvalue weighted by Crippen LogP contribution is 2.31. The van der Waals surface area contributed by atoms with Crippen LogP contribution in [0.3, 0.4) is 0 Å².